The maximum atomic E-state index is 10.2. The van der Waals surface area contributed by atoms with Gasteiger partial charge in [-0.3, -0.25) is 0 Å². The van der Waals surface area contributed by atoms with Crippen LogP contribution in [-0.4, -0.2) is 27.6 Å². The van der Waals surface area contributed by atoms with Crippen LogP contribution in [-0.2, 0) is 10.5 Å². The van der Waals surface area contributed by atoms with Crippen LogP contribution in [0.4, 0.5) is 11.7 Å². The molecule has 0 aliphatic rings. The van der Waals surface area contributed by atoms with Crippen molar-refractivity contribution in [3.8, 4) is 0 Å². The minimum absolute atomic E-state index is 0. The van der Waals surface area contributed by atoms with Crippen molar-refractivity contribution < 1.29 is 20.4 Å². The molecule has 0 unspecified atom stereocenters. The molecule has 0 atom stereocenters. The van der Waals surface area contributed by atoms with Gasteiger partial charge in [0.2, 0.25) is 10.5 Å². The van der Waals surface area contributed by atoms with Crippen LogP contribution in [0.1, 0.15) is 0 Å². The molecule has 7 heavy (non-hydrogen) atoms. The van der Waals surface area contributed by atoms with Crippen LogP contribution in [0.5, 0.6) is 0 Å². The predicted octanol–water partition coefficient (Wildman–Crippen LogP) is 0.552. The van der Waals surface area contributed by atoms with Crippen molar-refractivity contribution in [1.29, 1.82) is 0 Å². The van der Waals surface area contributed by atoms with Crippen LogP contribution in [0.3, 0.4) is 0 Å². The Morgan fingerprint density at radius 3 is 1.29 bits per heavy atom. The average Bonchev–Trinajstić information content (AvgIpc) is 0.650. The molecular weight excluding hydrogens is 128 g/mol. The van der Waals surface area contributed by atoms with Crippen molar-refractivity contribution in [3.63, 3.8) is 0 Å². The standard InChI is InChI=1S/F3HO2S.Li/c1-6(2,3,4)5;/h(H,4,5);. The monoisotopic (exact) mass is 129 g/mol. The molecule has 0 spiro atoms. The third-order valence-corrected chi connectivity index (χ3v) is 0. The van der Waals surface area contributed by atoms with Gasteiger partial charge in [-0.1, -0.05) is 0 Å². The molecule has 0 aliphatic carbocycles. The smallest absolute Gasteiger partial charge is 0.212 e. The number of hydrogen-bond acceptors (Lipinski definition) is 1. The summed E-state index contributed by atoms with van der Waals surface area (Å²) in [6.45, 7) is 0. The van der Waals surface area contributed by atoms with Gasteiger partial charge in [0.05, 0.1) is 0 Å². The van der Waals surface area contributed by atoms with E-state index in [1.165, 1.54) is 0 Å². The van der Waals surface area contributed by atoms with Gasteiger partial charge in [-0.25, -0.2) is 4.55 Å². The van der Waals surface area contributed by atoms with E-state index in [4.69, 9.17) is 8.76 Å². The van der Waals surface area contributed by atoms with Gasteiger partial charge in [-0.15, -0.1) is 4.21 Å². The maximum Gasteiger partial charge on any atom is 0.212 e. The predicted molar refractivity (Wildman–Crippen MR) is 19.8 cm³/mol. The summed E-state index contributed by atoms with van der Waals surface area (Å²) in [4.78, 5) is 0. The Bertz CT molecular complexity index is 90.6. The van der Waals surface area contributed by atoms with E-state index in [1.807, 2.05) is 0 Å². The summed E-state index contributed by atoms with van der Waals surface area (Å²) in [5, 5.41) is 0. The molecule has 0 bridgehead atoms. The van der Waals surface area contributed by atoms with Gasteiger partial charge >= 0.3 is 0 Å². The fourth-order valence-electron chi connectivity index (χ4n) is 0. The second-order valence-corrected chi connectivity index (χ2v) is 1.94. The van der Waals surface area contributed by atoms with Crippen LogP contribution in [0.25, 0.3) is 0 Å². The molecule has 0 heterocycles. The van der Waals surface area contributed by atoms with Crippen molar-refractivity contribution in [2.45, 2.75) is 0 Å². The molecule has 0 amide bonds. The van der Waals surface area contributed by atoms with E-state index >= 15 is 0 Å². The Morgan fingerprint density at radius 2 is 1.29 bits per heavy atom. The van der Waals surface area contributed by atoms with E-state index in [9.17, 15) is 11.7 Å². The van der Waals surface area contributed by atoms with Crippen LogP contribution < -0.4 is 0 Å². The van der Waals surface area contributed by atoms with E-state index in [2.05, 4.69) is 0 Å². The Morgan fingerprint density at radius 1 is 1.29 bits per heavy atom. The zero-order valence-corrected chi connectivity index (χ0v) is 4.21. The van der Waals surface area contributed by atoms with Crippen molar-refractivity contribution in [3.05, 3.63) is 0 Å². The van der Waals surface area contributed by atoms with Crippen LogP contribution in [0.15, 0.2) is 0 Å². The van der Waals surface area contributed by atoms with Gasteiger partial charge in [0.15, 0.2) is 0 Å². The van der Waals surface area contributed by atoms with Gasteiger partial charge in [-0.2, -0.15) is 0 Å². The second kappa shape index (κ2) is 1.78. The molecule has 2 nitrogen and oxygen atoms in total. The van der Waals surface area contributed by atoms with E-state index in [1.54, 1.807) is 0 Å². The number of hydrogen-bond donors (Lipinski definition) is 1. The molecule has 0 fully saturated rings. The molecule has 1 N–H and O–H groups in total. The summed E-state index contributed by atoms with van der Waals surface area (Å²) in [6, 6.07) is 0. The minimum atomic E-state index is -7.60. The Hall–Kier alpha value is 0.497. The number of halogens is 3. The molecule has 41 valence electrons. The fourth-order valence-corrected chi connectivity index (χ4v) is 0. The zero-order chi connectivity index (χ0) is 5.45. The summed E-state index contributed by atoms with van der Waals surface area (Å²) in [5.74, 6) is 0. The van der Waals surface area contributed by atoms with Crippen LogP contribution in [0.2, 0.25) is 0 Å². The summed E-state index contributed by atoms with van der Waals surface area (Å²) < 4.78 is 45.3. The van der Waals surface area contributed by atoms with Gasteiger partial charge in [0, 0.05) is 18.9 Å². The first-order valence-electron chi connectivity index (χ1n) is 0.812. The van der Waals surface area contributed by atoms with Gasteiger partial charge in [0.1, 0.15) is 0 Å². The average molecular weight is 129 g/mol. The molecule has 1 radical (unpaired) electrons. The molecule has 0 aliphatic heterocycles. The molecule has 0 aromatic heterocycles. The third-order valence-electron chi connectivity index (χ3n) is 0. The first kappa shape index (κ1) is 10.5. The first-order valence-corrected chi connectivity index (χ1v) is 2.44. The summed E-state index contributed by atoms with van der Waals surface area (Å²) >= 11 is 0. The van der Waals surface area contributed by atoms with Gasteiger partial charge < -0.3 is 0 Å². The largest absolute Gasteiger partial charge is 0.230 e. The molecule has 0 aromatic rings. The molecular formula is HF3LiO2S. The Kier molecular flexibility index (Phi) is 2.67. The fraction of sp³-hybridized carbons (Fsp3) is 0. The van der Waals surface area contributed by atoms with E-state index < -0.39 is 10.5 Å². The van der Waals surface area contributed by atoms with Gasteiger partial charge in [-0.05, 0) is 11.7 Å². The van der Waals surface area contributed by atoms with E-state index in [-0.39, 0.29) is 18.9 Å². The molecule has 0 saturated carbocycles. The van der Waals surface area contributed by atoms with Crippen molar-refractivity contribution in [2.75, 3.05) is 0 Å². The molecule has 0 aromatic carbocycles. The first-order chi connectivity index (χ1) is 2.24. The second-order valence-electron chi connectivity index (χ2n) is 0.646. The normalized spacial score (nSPS) is 16.3. The van der Waals surface area contributed by atoms with Crippen molar-refractivity contribution >= 4 is 29.4 Å². The molecule has 0 rings (SSSR count). The summed E-state index contributed by atoms with van der Waals surface area (Å²) in [7, 11) is -7.60. The third kappa shape index (κ3) is 531. The van der Waals surface area contributed by atoms with Crippen LogP contribution in [0, 0.1) is 0 Å². The van der Waals surface area contributed by atoms with E-state index in [0.29, 0.717) is 0 Å². The molecule has 0 saturated heterocycles. The van der Waals surface area contributed by atoms with Gasteiger partial charge in [0.25, 0.3) is 0 Å². The maximum absolute atomic E-state index is 10.2. The minimum Gasteiger partial charge on any atom is -0.230 e. The van der Waals surface area contributed by atoms with Crippen LogP contribution >= 0.6 is 0 Å². The SMILES string of the molecule is O=S(O)(F)(F)F.[Li]. The molecule has 7 heteroatoms. The number of rotatable bonds is 0. The van der Waals surface area contributed by atoms with Crippen molar-refractivity contribution in [1.82, 2.24) is 0 Å². The topological polar surface area (TPSA) is 37.3 Å². The quantitative estimate of drug-likeness (QED) is 0.383. The Balaban J connectivity index is 0. The van der Waals surface area contributed by atoms with E-state index in [0.717, 1.165) is 0 Å². The summed E-state index contributed by atoms with van der Waals surface area (Å²) in [5.41, 5.74) is 0. The zero-order valence-electron chi connectivity index (χ0n) is 3.40. The van der Waals surface area contributed by atoms with Crippen molar-refractivity contribution in [2.24, 2.45) is 0 Å². The summed E-state index contributed by atoms with van der Waals surface area (Å²) in [6.07, 6.45) is 0. The Labute approximate surface area is 50.4 Å².